The minimum atomic E-state index is 0.153. The number of hydrogen-bond acceptors (Lipinski definition) is 3. The van der Waals surface area contributed by atoms with Gasteiger partial charge < -0.3 is 9.88 Å². The maximum atomic E-state index is 13.4. The number of carbonyl (C=O) groups is 1. The van der Waals surface area contributed by atoms with Crippen molar-refractivity contribution in [2.24, 2.45) is 0 Å². The van der Waals surface area contributed by atoms with E-state index in [2.05, 4.69) is 45.2 Å². The fraction of sp³-hybridized carbons (Fsp3) is 0.333. The summed E-state index contributed by atoms with van der Waals surface area (Å²) in [6.07, 6.45) is 6.55. The Morgan fingerprint density at radius 3 is 2.66 bits per heavy atom. The van der Waals surface area contributed by atoms with E-state index in [9.17, 15) is 4.79 Å². The largest absolute Gasteiger partial charge is 0.358 e. The molecular weight excluding hydrogens is 396 g/mol. The van der Waals surface area contributed by atoms with Crippen LogP contribution in [0.1, 0.15) is 40.0 Å². The molecule has 1 fully saturated rings. The van der Waals surface area contributed by atoms with Crippen LogP contribution in [0.15, 0.2) is 54.7 Å². The molecule has 5 heteroatoms. The second kappa shape index (κ2) is 8.06. The van der Waals surface area contributed by atoms with Gasteiger partial charge in [-0.15, -0.1) is 0 Å². The number of aromatic amines is 1. The molecule has 3 heterocycles. The molecule has 32 heavy (non-hydrogen) atoms. The number of aromatic nitrogens is 2. The van der Waals surface area contributed by atoms with Gasteiger partial charge in [-0.2, -0.15) is 0 Å². The Morgan fingerprint density at radius 1 is 0.938 bits per heavy atom. The number of amides is 1. The van der Waals surface area contributed by atoms with Crippen molar-refractivity contribution in [3.05, 3.63) is 77.1 Å². The van der Waals surface area contributed by atoms with Gasteiger partial charge in [-0.1, -0.05) is 36.4 Å². The lowest BCUT2D eigenvalue weighted by molar-refractivity contribution is 0.0630. The van der Waals surface area contributed by atoms with Gasteiger partial charge in [-0.25, -0.2) is 0 Å². The molecule has 2 aromatic heterocycles. The predicted molar refractivity (Wildman–Crippen MR) is 128 cm³/mol. The van der Waals surface area contributed by atoms with Crippen LogP contribution in [0.4, 0.5) is 0 Å². The number of nitrogens with zero attached hydrogens (tertiary/aromatic N) is 3. The van der Waals surface area contributed by atoms with E-state index in [-0.39, 0.29) is 5.91 Å². The molecule has 1 aliphatic heterocycles. The summed E-state index contributed by atoms with van der Waals surface area (Å²) in [7, 11) is 0. The Labute approximate surface area is 188 Å². The Kier molecular flexibility index (Phi) is 4.91. The van der Waals surface area contributed by atoms with Gasteiger partial charge >= 0.3 is 0 Å². The summed E-state index contributed by atoms with van der Waals surface area (Å²) in [6, 6.07) is 16.7. The third kappa shape index (κ3) is 3.37. The van der Waals surface area contributed by atoms with E-state index in [1.807, 2.05) is 29.3 Å². The summed E-state index contributed by atoms with van der Waals surface area (Å²) < 4.78 is 0. The topological polar surface area (TPSA) is 52.2 Å². The smallest absolute Gasteiger partial charge is 0.256 e. The van der Waals surface area contributed by atoms with E-state index in [1.165, 1.54) is 40.4 Å². The van der Waals surface area contributed by atoms with E-state index in [0.717, 1.165) is 62.2 Å². The highest BCUT2D eigenvalue weighted by Crippen LogP contribution is 2.31. The third-order valence-corrected chi connectivity index (χ3v) is 7.13. The van der Waals surface area contributed by atoms with Crippen LogP contribution in [0.3, 0.4) is 0 Å². The van der Waals surface area contributed by atoms with E-state index < -0.39 is 0 Å². The van der Waals surface area contributed by atoms with Gasteiger partial charge in [0.05, 0.1) is 16.6 Å². The molecule has 1 N–H and O–H groups in total. The number of pyridine rings is 1. The number of fused-ring (bicyclic) bond motifs is 4. The molecule has 1 saturated heterocycles. The standard InChI is InChI=1S/C27H28N4O/c32-27(23-11-4-10-22-21-9-1-2-12-24(21)29-26(22)23)31-16-14-30(15-17-31)18-20-7-3-6-19-8-5-13-28-25(19)20/h3-8,10-11,13,29H,1-2,9,12,14-18H2. The van der Waals surface area contributed by atoms with Gasteiger partial charge in [0.2, 0.25) is 0 Å². The Bertz CT molecular complexity index is 1290. The van der Waals surface area contributed by atoms with Crippen molar-refractivity contribution in [1.29, 1.82) is 0 Å². The summed E-state index contributed by atoms with van der Waals surface area (Å²) in [6.45, 7) is 4.15. The van der Waals surface area contributed by atoms with Crippen molar-refractivity contribution >= 4 is 27.7 Å². The van der Waals surface area contributed by atoms with Crippen LogP contribution < -0.4 is 0 Å². The quantitative estimate of drug-likeness (QED) is 0.525. The van der Waals surface area contributed by atoms with Crippen LogP contribution >= 0.6 is 0 Å². The number of para-hydroxylation sites is 2. The second-order valence-electron chi connectivity index (χ2n) is 9.08. The van der Waals surface area contributed by atoms with Crippen LogP contribution in [-0.2, 0) is 19.4 Å². The number of benzene rings is 2. The highest BCUT2D eigenvalue weighted by atomic mass is 16.2. The molecule has 6 rings (SSSR count). The summed E-state index contributed by atoms with van der Waals surface area (Å²) in [5, 5.41) is 2.42. The molecule has 2 aromatic carbocycles. The highest BCUT2D eigenvalue weighted by molar-refractivity contribution is 6.06. The number of rotatable bonds is 3. The predicted octanol–water partition coefficient (Wildman–Crippen LogP) is 4.55. The highest BCUT2D eigenvalue weighted by Gasteiger charge is 2.25. The van der Waals surface area contributed by atoms with Crippen LogP contribution in [0.5, 0.6) is 0 Å². The zero-order valence-electron chi connectivity index (χ0n) is 18.3. The first-order valence-corrected chi connectivity index (χ1v) is 11.7. The second-order valence-corrected chi connectivity index (χ2v) is 9.08. The minimum absolute atomic E-state index is 0.153. The first kappa shape index (κ1) is 19.5. The molecule has 0 saturated carbocycles. The Balaban J connectivity index is 1.18. The monoisotopic (exact) mass is 424 g/mol. The van der Waals surface area contributed by atoms with E-state index >= 15 is 0 Å². The molecule has 0 bridgehead atoms. The van der Waals surface area contributed by atoms with Gasteiger partial charge in [0.1, 0.15) is 0 Å². The Hall–Kier alpha value is -3.18. The average Bonchev–Trinajstić information content (AvgIpc) is 3.23. The van der Waals surface area contributed by atoms with Gasteiger partial charge in [0, 0.05) is 55.4 Å². The van der Waals surface area contributed by atoms with Crippen molar-refractivity contribution in [3.8, 4) is 0 Å². The number of nitrogens with one attached hydrogen (secondary N) is 1. The molecule has 1 aliphatic carbocycles. The van der Waals surface area contributed by atoms with Gasteiger partial charge in [0.15, 0.2) is 0 Å². The van der Waals surface area contributed by atoms with Gasteiger partial charge in [-0.3, -0.25) is 14.7 Å². The van der Waals surface area contributed by atoms with Crippen molar-refractivity contribution < 1.29 is 4.79 Å². The number of H-pyrrole nitrogens is 1. The zero-order chi connectivity index (χ0) is 21.5. The summed E-state index contributed by atoms with van der Waals surface area (Å²) in [4.78, 5) is 26.1. The van der Waals surface area contributed by atoms with E-state index in [1.54, 1.807) is 0 Å². The number of aryl methyl sites for hydroxylation is 2. The molecule has 0 radical (unpaired) electrons. The zero-order valence-corrected chi connectivity index (χ0v) is 18.3. The van der Waals surface area contributed by atoms with Crippen LogP contribution in [0.2, 0.25) is 0 Å². The molecule has 4 aromatic rings. The maximum Gasteiger partial charge on any atom is 0.256 e. The van der Waals surface area contributed by atoms with Crippen molar-refractivity contribution in [2.75, 3.05) is 26.2 Å². The first-order valence-electron chi connectivity index (χ1n) is 11.7. The molecular formula is C27H28N4O. The third-order valence-electron chi connectivity index (χ3n) is 7.13. The van der Waals surface area contributed by atoms with Crippen LogP contribution in [0.25, 0.3) is 21.8 Å². The fourth-order valence-electron chi connectivity index (χ4n) is 5.42. The number of carbonyl (C=O) groups excluding carboxylic acids is 1. The SMILES string of the molecule is O=C(c1cccc2c3c([nH]c12)CCCC3)N1CCN(Cc2cccc3cccnc23)CC1. The van der Waals surface area contributed by atoms with Gasteiger partial charge in [-0.05, 0) is 48.9 Å². The molecule has 5 nitrogen and oxygen atoms in total. The fourth-order valence-corrected chi connectivity index (χ4v) is 5.42. The van der Waals surface area contributed by atoms with E-state index in [4.69, 9.17) is 0 Å². The molecule has 0 atom stereocenters. The molecule has 0 unspecified atom stereocenters. The molecule has 162 valence electrons. The van der Waals surface area contributed by atoms with Crippen LogP contribution in [0, 0.1) is 0 Å². The van der Waals surface area contributed by atoms with Crippen molar-refractivity contribution in [3.63, 3.8) is 0 Å². The normalized spacial score (nSPS) is 17.1. The van der Waals surface area contributed by atoms with Crippen molar-refractivity contribution in [1.82, 2.24) is 19.8 Å². The molecule has 1 amide bonds. The summed E-state index contributed by atoms with van der Waals surface area (Å²) in [5.74, 6) is 0.153. The number of piperazine rings is 1. The lowest BCUT2D eigenvalue weighted by Gasteiger charge is -2.35. The van der Waals surface area contributed by atoms with Gasteiger partial charge in [0.25, 0.3) is 5.91 Å². The number of hydrogen-bond donors (Lipinski definition) is 1. The minimum Gasteiger partial charge on any atom is -0.358 e. The van der Waals surface area contributed by atoms with Crippen molar-refractivity contribution in [2.45, 2.75) is 32.2 Å². The average molecular weight is 425 g/mol. The molecule has 0 spiro atoms. The maximum absolute atomic E-state index is 13.4. The summed E-state index contributed by atoms with van der Waals surface area (Å²) in [5.41, 5.74) is 6.95. The molecule has 2 aliphatic rings. The Morgan fingerprint density at radius 2 is 1.75 bits per heavy atom. The lowest BCUT2D eigenvalue weighted by Crippen LogP contribution is -2.48. The summed E-state index contributed by atoms with van der Waals surface area (Å²) >= 11 is 0. The first-order chi connectivity index (χ1) is 15.8. The van der Waals surface area contributed by atoms with E-state index in [0.29, 0.717) is 0 Å². The lowest BCUT2D eigenvalue weighted by atomic mass is 9.95. The van der Waals surface area contributed by atoms with Crippen LogP contribution in [-0.4, -0.2) is 51.9 Å².